The van der Waals surface area contributed by atoms with Gasteiger partial charge >= 0.3 is 0 Å². The van der Waals surface area contributed by atoms with Gasteiger partial charge < -0.3 is 14.8 Å². The molecule has 3 unspecified atom stereocenters. The molecule has 1 saturated carbocycles. The fourth-order valence-electron chi connectivity index (χ4n) is 2.43. The Balaban J connectivity index is 2.07. The van der Waals surface area contributed by atoms with Crippen molar-refractivity contribution in [2.24, 2.45) is 11.8 Å². The largest absolute Gasteiger partial charge is 0.490 e. The Morgan fingerprint density at radius 1 is 1.29 bits per heavy atom. The molecule has 0 aromatic heterocycles. The SMILES string of the molecule is CCOc1ccc(C(C)NC(=O)C2CC2C)cc1OCC. The van der Waals surface area contributed by atoms with Crippen LogP contribution in [0.15, 0.2) is 18.2 Å². The third kappa shape index (κ3) is 3.90. The maximum atomic E-state index is 12.0. The molecule has 2 rings (SSSR count). The molecule has 0 saturated heterocycles. The van der Waals surface area contributed by atoms with Crippen molar-refractivity contribution in [3.05, 3.63) is 23.8 Å². The summed E-state index contributed by atoms with van der Waals surface area (Å²) in [5, 5.41) is 3.07. The third-order valence-corrected chi connectivity index (χ3v) is 3.87. The average Bonchev–Trinajstić information content (AvgIpc) is 3.18. The molecule has 3 atom stereocenters. The smallest absolute Gasteiger partial charge is 0.223 e. The number of carbonyl (C=O) groups is 1. The number of hydrogen-bond donors (Lipinski definition) is 1. The molecule has 1 aliphatic carbocycles. The molecule has 1 aliphatic rings. The normalized spacial score (nSPS) is 21.5. The molecule has 1 amide bonds. The van der Waals surface area contributed by atoms with Crippen LogP contribution >= 0.6 is 0 Å². The summed E-state index contributed by atoms with van der Waals surface area (Å²) in [7, 11) is 0. The first-order valence-electron chi connectivity index (χ1n) is 7.76. The average molecular weight is 291 g/mol. The van der Waals surface area contributed by atoms with Gasteiger partial charge in [0.05, 0.1) is 19.3 Å². The van der Waals surface area contributed by atoms with Gasteiger partial charge in [0.1, 0.15) is 0 Å². The second-order valence-corrected chi connectivity index (χ2v) is 5.62. The minimum Gasteiger partial charge on any atom is -0.490 e. The molecule has 1 N–H and O–H groups in total. The van der Waals surface area contributed by atoms with Gasteiger partial charge in [-0.25, -0.2) is 0 Å². The summed E-state index contributed by atoms with van der Waals surface area (Å²) in [5.74, 6) is 2.36. The Kier molecular flexibility index (Phi) is 5.10. The van der Waals surface area contributed by atoms with E-state index in [4.69, 9.17) is 9.47 Å². The lowest BCUT2D eigenvalue weighted by Gasteiger charge is -2.17. The molecular formula is C17H25NO3. The van der Waals surface area contributed by atoms with Gasteiger partial charge in [-0.3, -0.25) is 4.79 Å². The summed E-state index contributed by atoms with van der Waals surface area (Å²) in [6.45, 7) is 9.19. The molecule has 21 heavy (non-hydrogen) atoms. The minimum atomic E-state index is -0.0276. The van der Waals surface area contributed by atoms with Gasteiger partial charge in [0.2, 0.25) is 5.91 Å². The van der Waals surface area contributed by atoms with E-state index in [0.29, 0.717) is 19.1 Å². The quantitative estimate of drug-likeness (QED) is 0.838. The summed E-state index contributed by atoms with van der Waals surface area (Å²) in [5.41, 5.74) is 1.03. The van der Waals surface area contributed by atoms with Crippen molar-refractivity contribution in [1.29, 1.82) is 0 Å². The highest BCUT2D eigenvalue weighted by Gasteiger charge is 2.39. The van der Waals surface area contributed by atoms with Crippen LogP contribution in [0.2, 0.25) is 0 Å². The molecule has 0 spiro atoms. The van der Waals surface area contributed by atoms with Gasteiger partial charge in [0.15, 0.2) is 11.5 Å². The molecule has 1 aromatic rings. The van der Waals surface area contributed by atoms with Crippen molar-refractivity contribution in [1.82, 2.24) is 5.32 Å². The second kappa shape index (κ2) is 6.83. The summed E-state index contributed by atoms with van der Waals surface area (Å²) >= 11 is 0. The molecule has 0 heterocycles. The molecular weight excluding hydrogens is 266 g/mol. The van der Waals surface area contributed by atoms with E-state index in [0.717, 1.165) is 23.5 Å². The van der Waals surface area contributed by atoms with Crippen molar-refractivity contribution in [2.75, 3.05) is 13.2 Å². The maximum absolute atomic E-state index is 12.0. The van der Waals surface area contributed by atoms with Crippen LogP contribution in [0.3, 0.4) is 0 Å². The molecule has 4 heteroatoms. The summed E-state index contributed by atoms with van der Waals surface area (Å²) in [6.07, 6.45) is 1.01. The summed E-state index contributed by atoms with van der Waals surface area (Å²) in [4.78, 5) is 12.0. The Morgan fingerprint density at radius 3 is 2.48 bits per heavy atom. The third-order valence-electron chi connectivity index (χ3n) is 3.87. The number of carbonyl (C=O) groups excluding carboxylic acids is 1. The van der Waals surface area contributed by atoms with Gasteiger partial charge in [-0.05, 0) is 50.8 Å². The second-order valence-electron chi connectivity index (χ2n) is 5.62. The number of benzene rings is 1. The van der Waals surface area contributed by atoms with E-state index in [1.54, 1.807) is 0 Å². The van der Waals surface area contributed by atoms with E-state index in [9.17, 15) is 4.79 Å². The number of hydrogen-bond acceptors (Lipinski definition) is 3. The number of amides is 1. The molecule has 0 aliphatic heterocycles. The zero-order valence-corrected chi connectivity index (χ0v) is 13.3. The molecule has 4 nitrogen and oxygen atoms in total. The highest BCUT2D eigenvalue weighted by atomic mass is 16.5. The van der Waals surface area contributed by atoms with Crippen molar-refractivity contribution in [3.63, 3.8) is 0 Å². The van der Waals surface area contributed by atoms with Gasteiger partial charge in [0.25, 0.3) is 0 Å². The van der Waals surface area contributed by atoms with Crippen molar-refractivity contribution < 1.29 is 14.3 Å². The monoisotopic (exact) mass is 291 g/mol. The van der Waals surface area contributed by atoms with E-state index in [1.165, 1.54) is 0 Å². The Morgan fingerprint density at radius 2 is 1.90 bits per heavy atom. The first-order chi connectivity index (χ1) is 10.1. The molecule has 1 aromatic carbocycles. The van der Waals surface area contributed by atoms with Crippen LogP contribution in [-0.4, -0.2) is 19.1 Å². The number of nitrogens with one attached hydrogen (secondary N) is 1. The Labute approximate surface area is 126 Å². The predicted octanol–water partition coefficient (Wildman–Crippen LogP) is 3.32. The summed E-state index contributed by atoms with van der Waals surface area (Å²) in [6, 6.07) is 5.82. The first kappa shape index (κ1) is 15.7. The zero-order valence-electron chi connectivity index (χ0n) is 13.3. The van der Waals surface area contributed by atoms with E-state index in [1.807, 2.05) is 39.0 Å². The van der Waals surface area contributed by atoms with Crippen molar-refractivity contribution in [3.8, 4) is 11.5 Å². The lowest BCUT2D eigenvalue weighted by atomic mass is 10.1. The van der Waals surface area contributed by atoms with Crippen molar-refractivity contribution in [2.45, 2.75) is 40.2 Å². The lowest BCUT2D eigenvalue weighted by Crippen LogP contribution is -2.28. The molecule has 1 fully saturated rings. The lowest BCUT2D eigenvalue weighted by molar-refractivity contribution is -0.123. The first-order valence-corrected chi connectivity index (χ1v) is 7.76. The van der Waals surface area contributed by atoms with Crippen LogP contribution < -0.4 is 14.8 Å². The van der Waals surface area contributed by atoms with E-state index in [2.05, 4.69) is 12.2 Å². The van der Waals surface area contributed by atoms with Gasteiger partial charge in [0, 0.05) is 5.92 Å². The molecule has 116 valence electrons. The number of ether oxygens (including phenoxy) is 2. The van der Waals surface area contributed by atoms with Gasteiger partial charge in [-0.15, -0.1) is 0 Å². The van der Waals surface area contributed by atoms with Crippen LogP contribution in [0.25, 0.3) is 0 Å². The molecule has 0 radical (unpaired) electrons. The Bertz CT molecular complexity index is 501. The Hall–Kier alpha value is -1.71. The topological polar surface area (TPSA) is 47.6 Å². The van der Waals surface area contributed by atoms with Gasteiger partial charge in [-0.1, -0.05) is 13.0 Å². The van der Waals surface area contributed by atoms with E-state index < -0.39 is 0 Å². The standard InChI is InChI=1S/C17H25NO3/c1-5-20-15-8-7-13(10-16(15)21-6-2)12(4)18-17(19)14-9-11(14)3/h7-8,10-12,14H,5-6,9H2,1-4H3,(H,18,19). The van der Waals surface area contributed by atoms with Crippen LogP contribution in [0.5, 0.6) is 11.5 Å². The maximum Gasteiger partial charge on any atom is 0.223 e. The van der Waals surface area contributed by atoms with E-state index >= 15 is 0 Å². The van der Waals surface area contributed by atoms with Crippen molar-refractivity contribution >= 4 is 5.91 Å². The van der Waals surface area contributed by atoms with E-state index in [-0.39, 0.29) is 17.9 Å². The fourth-order valence-corrected chi connectivity index (χ4v) is 2.43. The van der Waals surface area contributed by atoms with Crippen LogP contribution in [0.4, 0.5) is 0 Å². The van der Waals surface area contributed by atoms with Gasteiger partial charge in [-0.2, -0.15) is 0 Å². The molecule has 0 bridgehead atoms. The van der Waals surface area contributed by atoms with Crippen LogP contribution in [-0.2, 0) is 4.79 Å². The number of rotatable bonds is 7. The van der Waals surface area contributed by atoms with Crippen LogP contribution in [0, 0.1) is 11.8 Å². The zero-order chi connectivity index (χ0) is 15.4. The highest BCUT2D eigenvalue weighted by molar-refractivity contribution is 5.81. The van der Waals surface area contributed by atoms with Crippen LogP contribution in [0.1, 0.15) is 45.7 Å². The highest BCUT2D eigenvalue weighted by Crippen LogP contribution is 2.38. The minimum absolute atomic E-state index is 0.0276. The predicted molar refractivity (Wildman–Crippen MR) is 82.6 cm³/mol. The fraction of sp³-hybridized carbons (Fsp3) is 0.588. The summed E-state index contributed by atoms with van der Waals surface area (Å²) < 4.78 is 11.2.